The van der Waals surface area contributed by atoms with Crippen molar-refractivity contribution in [1.82, 2.24) is 45.3 Å². The molecule has 1 aromatic carbocycles. The zero-order valence-electron chi connectivity index (χ0n) is 23.8. The summed E-state index contributed by atoms with van der Waals surface area (Å²) in [7, 11) is 0. The first-order valence-electron chi connectivity index (χ1n) is 12.7. The molecule has 0 aliphatic heterocycles. The molecule has 0 aliphatic rings. The van der Waals surface area contributed by atoms with E-state index in [4.69, 9.17) is 0 Å². The minimum atomic E-state index is -4.57. The van der Waals surface area contributed by atoms with Crippen LogP contribution in [0.15, 0.2) is 73.2 Å². The van der Waals surface area contributed by atoms with Crippen molar-refractivity contribution >= 4 is 0 Å². The third-order valence-electron chi connectivity index (χ3n) is 5.48. The predicted octanol–water partition coefficient (Wildman–Crippen LogP) is 6.47. The van der Waals surface area contributed by atoms with Gasteiger partial charge in [-0.1, -0.05) is 23.8 Å². The summed E-state index contributed by atoms with van der Waals surface area (Å²) in [5.41, 5.74) is 2.93. The molecule has 0 atom stereocenters. The Hall–Kier alpha value is -4.96. The molecule has 0 saturated heterocycles. The van der Waals surface area contributed by atoms with Crippen LogP contribution in [-0.4, -0.2) is 35.1 Å². The van der Waals surface area contributed by atoms with Crippen LogP contribution >= 0.6 is 0 Å². The van der Waals surface area contributed by atoms with E-state index in [2.05, 4.69) is 51.4 Å². The van der Waals surface area contributed by atoms with Gasteiger partial charge in [0.05, 0.1) is 11.4 Å². The van der Waals surface area contributed by atoms with E-state index >= 15 is 0 Å². The maximum absolute atomic E-state index is 13.2. The van der Waals surface area contributed by atoms with Gasteiger partial charge in [0.2, 0.25) is 0 Å². The van der Waals surface area contributed by atoms with E-state index in [0.717, 1.165) is 23.3 Å². The number of aryl methyl sites for hydroxylation is 2. The van der Waals surface area contributed by atoms with E-state index in [1.807, 2.05) is 0 Å². The van der Waals surface area contributed by atoms with Crippen molar-refractivity contribution in [1.29, 1.82) is 0 Å². The SMILES string of the molecule is Cc1ccnc(-c2nc(C(F)(F)F)n[n-]2)c1.Cc1ccnc(-c2nc(C(F)(F)F)n[n-]2)c1.Fc1c[c-]c(-c2ccccn2)c(F)c1.[Ir+3]. The largest absolute Gasteiger partial charge is 3.00 e. The first-order chi connectivity index (χ1) is 21.7. The Labute approximate surface area is 274 Å². The van der Waals surface area contributed by atoms with E-state index in [-0.39, 0.29) is 48.7 Å². The quantitative estimate of drug-likeness (QED) is 0.146. The van der Waals surface area contributed by atoms with E-state index in [1.54, 1.807) is 62.5 Å². The summed E-state index contributed by atoms with van der Waals surface area (Å²) in [5.74, 6) is -4.01. The number of rotatable bonds is 3. The summed E-state index contributed by atoms with van der Waals surface area (Å²) in [5, 5.41) is 12.6. The van der Waals surface area contributed by atoms with E-state index in [0.29, 0.717) is 5.69 Å². The normalized spacial score (nSPS) is 11.0. The summed E-state index contributed by atoms with van der Waals surface area (Å²) in [4.78, 5) is 18.3. The molecule has 0 radical (unpaired) electrons. The Bertz CT molecular complexity index is 1800. The number of benzene rings is 1. The molecule has 47 heavy (non-hydrogen) atoms. The molecule has 0 N–H and O–H groups in total. The van der Waals surface area contributed by atoms with Gasteiger partial charge in [0.1, 0.15) is 11.6 Å². The molecule has 0 spiro atoms. The van der Waals surface area contributed by atoms with Crippen molar-refractivity contribution in [3.63, 3.8) is 0 Å². The fraction of sp³-hybridized carbons (Fsp3) is 0.138. The molecular formula is C29H18F8IrN9. The van der Waals surface area contributed by atoms with Crippen LogP contribution in [0.4, 0.5) is 35.1 Å². The van der Waals surface area contributed by atoms with Gasteiger partial charge in [-0.05, 0) is 72.6 Å². The van der Waals surface area contributed by atoms with E-state index in [9.17, 15) is 35.1 Å². The predicted molar refractivity (Wildman–Crippen MR) is 145 cm³/mol. The maximum Gasteiger partial charge on any atom is 3.00 e. The van der Waals surface area contributed by atoms with Crippen LogP contribution in [0.1, 0.15) is 22.8 Å². The number of aromatic nitrogens is 9. The van der Waals surface area contributed by atoms with Crippen molar-refractivity contribution in [2.45, 2.75) is 26.2 Å². The van der Waals surface area contributed by atoms with Gasteiger partial charge in [0.25, 0.3) is 0 Å². The molecule has 18 heteroatoms. The molecular weight excluding hydrogens is 819 g/mol. The minimum Gasteiger partial charge on any atom is -0.413 e. The Morgan fingerprint density at radius 1 is 0.638 bits per heavy atom. The van der Waals surface area contributed by atoms with Gasteiger partial charge in [0, 0.05) is 30.2 Å². The summed E-state index contributed by atoms with van der Waals surface area (Å²) >= 11 is 0. The number of pyridine rings is 3. The molecule has 5 heterocycles. The molecule has 0 aliphatic carbocycles. The molecule has 0 saturated carbocycles. The molecule has 0 amide bonds. The standard InChI is InChI=1S/C11H6F2N.2C9H6F3N4.Ir/c12-8-4-5-9(10(13)7-8)11-3-1-2-6-14-11;2*1-5-2-3-13-6(4-5)7-14-8(16-15-7)9(10,11)12;/h1-4,6-7H;2*2-4H,1H3;/q3*-1;+3. The Morgan fingerprint density at radius 2 is 1.13 bits per heavy atom. The van der Waals surface area contributed by atoms with Gasteiger partial charge in [0.15, 0.2) is 0 Å². The third-order valence-corrected chi connectivity index (χ3v) is 5.48. The average Bonchev–Trinajstić information content (AvgIpc) is 3.70. The van der Waals surface area contributed by atoms with Crippen molar-refractivity contribution in [3.8, 4) is 34.3 Å². The van der Waals surface area contributed by atoms with Crippen LogP contribution in [0.25, 0.3) is 34.3 Å². The fourth-order valence-corrected chi connectivity index (χ4v) is 3.41. The molecule has 6 aromatic rings. The number of nitrogens with zero attached hydrogens (tertiary/aromatic N) is 9. The van der Waals surface area contributed by atoms with Crippen molar-refractivity contribution < 1.29 is 55.2 Å². The maximum atomic E-state index is 13.2. The molecule has 0 unspecified atom stereocenters. The van der Waals surface area contributed by atoms with Crippen LogP contribution in [0.5, 0.6) is 0 Å². The summed E-state index contributed by atoms with van der Waals surface area (Å²) < 4.78 is 99.1. The van der Waals surface area contributed by atoms with Crippen LogP contribution in [-0.2, 0) is 32.5 Å². The van der Waals surface area contributed by atoms with Gasteiger partial charge in [-0.15, -0.1) is 12.1 Å². The molecule has 6 rings (SSSR count). The van der Waals surface area contributed by atoms with Crippen molar-refractivity contribution in [2.24, 2.45) is 0 Å². The number of hydrogen-bond acceptors (Lipinski definition) is 7. The van der Waals surface area contributed by atoms with Crippen molar-refractivity contribution in [2.75, 3.05) is 0 Å². The zero-order valence-corrected chi connectivity index (χ0v) is 26.2. The Balaban J connectivity index is 0.000000190. The third kappa shape index (κ3) is 10.3. The number of hydrogen-bond donors (Lipinski definition) is 0. The first kappa shape index (κ1) is 36.5. The topological polar surface area (TPSA) is 118 Å². The smallest absolute Gasteiger partial charge is 0.413 e. The Kier molecular flexibility index (Phi) is 12.1. The van der Waals surface area contributed by atoms with Crippen LogP contribution < -0.4 is 10.2 Å². The second kappa shape index (κ2) is 15.6. The second-order valence-corrected chi connectivity index (χ2v) is 9.11. The monoisotopic (exact) mass is 837 g/mol. The molecule has 5 aromatic heterocycles. The molecule has 0 fully saturated rings. The first-order valence-corrected chi connectivity index (χ1v) is 12.7. The van der Waals surface area contributed by atoms with Gasteiger partial charge in [-0.2, -0.15) is 26.3 Å². The summed E-state index contributed by atoms with van der Waals surface area (Å²) in [6.45, 7) is 3.60. The molecule has 0 bridgehead atoms. The van der Waals surface area contributed by atoms with E-state index < -0.39 is 35.6 Å². The summed E-state index contributed by atoms with van der Waals surface area (Å²) in [6.07, 6.45) is -4.64. The Morgan fingerprint density at radius 3 is 1.51 bits per heavy atom. The van der Waals surface area contributed by atoms with Crippen LogP contribution in [0.2, 0.25) is 0 Å². The van der Waals surface area contributed by atoms with Crippen LogP contribution in [0.3, 0.4) is 0 Å². The minimum absolute atomic E-state index is 0. The summed E-state index contributed by atoms with van der Waals surface area (Å²) in [6, 6.07) is 16.2. The zero-order chi connectivity index (χ0) is 33.5. The van der Waals surface area contributed by atoms with Crippen molar-refractivity contribution in [3.05, 3.63) is 114 Å². The second-order valence-electron chi connectivity index (χ2n) is 9.11. The van der Waals surface area contributed by atoms with Gasteiger partial charge in [-0.25, -0.2) is 0 Å². The average molecular weight is 837 g/mol. The van der Waals surface area contributed by atoms with Gasteiger partial charge < -0.3 is 25.1 Å². The molecule has 244 valence electrons. The van der Waals surface area contributed by atoms with E-state index in [1.165, 1.54) is 12.4 Å². The molecule has 9 nitrogen and oxygen atoms in total. The van der Waals surface area contributed by atoms with Crippen LogP contribution in [0, 0.1) is 31.5 Å². The number of halogens is 8. The van der Waals surface area contributed by atoms with Gasteiger partial charge in [-0.3, -0.25) is 28.9 Å². The van der Waals surface area contributed by atoms with Gasteiger partial charge >= 0.3 is 32.5 Å². The fourth-order valence-electron chi connectivity index (χ4n) is 3.41. The number of alkyl halides is 6.